The Kier molecular flexibility index (Phi) is 5.81. The van der Waals surface area contributed by atoms with E-state index in [1.165, 1.54) is 5.56 Å². The van der Waals surface area contributed by atoms with E-state index in [-0.39, 0.29) is 19.2 Å². The first-order valence-electron chi connectivity index (χ1n) is 8.70. The molecule has 0 bridgehead atoms. The van der Waals surface area contributed by atoms with Crippen molar-refractivity contribution >= 4 is 28.9 Å². The van der Waals surface area contributed by atoms with Crippen LogP contribution in [0.4, 0.5) is 5.69 Å². The lowest BCUT2D eigenvalue weighted by atomic mass is 10.1. The van der Waals surface area contributed by atoms with Gasteiger partial charge in [0.05, 0.1) is 6.54 Å². The van der Waals surface area contributed by atoms with Gasteiger partial charge in [-0.05, 0) is 61.8 Å². The minimum atomic E-state index is -0.141. The van der Waals surface area contributed by atoms with E-state index in [1.54, 1.807) is 0 Å². The Morgan fingerprint density at radius 2 is 1.74 bits per heavy atom. The Morgan fingerprint density at radius 3 is 2.48 bits per heavy atom. The molecule has 0 radical (unpaired) electrons. The third-order valence-corrected chi connectivity index (χ3v) is 4.53. The van der Waals surface area contributed by atoms with Crippen LogP contribution in [0.25, 0.3) is 0 Å². The first kappa shape index (κ1) is 19.0. The van der Waals surface area contributed by atoms with Crippen molar-refractivity contribution < 1.29 is 14.3 Å². The zero-order valence-electron chi connectivity index (χ0n) is 15.6. The van der Waals surface area contributed by atoms with Gasteiger partial charge in [0, 0.05) is 12.2 Å². The highest BCUT2D eigenvalue weighted by molar-refractivity contribution is 7.80. The number of ether oxygens (including phenoxy) is 2. The average Bonchev–Trinajstić information content (AvgIpc) is 3.09. The summed E-state index contributed by atoms with van der Waals surface area (Å²) in [6.07, 6.45) is 0. The lowest BCUT2D eigenvalue weighted by molar-refractivity contribution is -0.115. The number of hydrogen-bond acceptors (Lipinski definition) is 4. The molecule has 3 N–H and O–H groups in total. The van der Waals surface area contributed by atoms with Gasteiger partial charge >= 0.3 is 0 Å². The second-order valence-electron chi connectivity index (χ2n) is 6.55. The largest absolute Gasteiger partial charge is 0.454 e. The number of nitrogens with one attached hydrogen (secondary N) is 3. The van der Waals surface area contributed by atoms with Crippen molar-refractivity contribution in [2.75, 3.05) is 18.7 Å². The summed E-state index contributed by atoms with van der Waals surface area (Å²) < 4.78 is 10.6. The maximum Gasteiger partial charge on any atom is 0.243 e. The van der Waals surface area contributed by atoms with Gasteiger partial charge in [-0.25, -0.2) is 0 Å². The molecule has 27 heavy (non-hydrogen) atoms. The Balaban J connectivity index is 1.46. The first-order chi connectivity index (χ1) is 12.9. The number of hydrogen-bond donors (Lipinski definition) is 3. The second-order valence-corrected chi connectivity index (χ2v) is 6.95. The van der Waals surface area contributed by atoms with Crippen molar-refractivity contribution in [1.82, 2.24) is 10.6 Å². The highest BCUT2D eigenvalue weighted by Crippen LogP contribution is 2.32. The smallest absolute Gasteiger partial charge is 0.243 e. The Labute approximate surface area is 164 Å². The van der Waals surface area contributed by atoms with Crippen LogP contribution in [-0.2, 0) is 11.3 Å². The topological polar surface area (TPSA) is 71.6 Å². The molecule has 1 aliphatic rings. The van der Waals surface area contributed by atoms with Crippen LogP contribution in [0.3, 0.4) is 0 Å². The molecule has 6 nitrogen and oxygen atoms in total. The molecule has 0 aromatic heterocycles. The molecule has 7 heteroatoms. The first-order valence-corrected chi connectivity index (χ1v) is 9.11. The molecule has 0 unspecified atom stereocenters. The average molecular weight is 385 g/mol. The van der Waals surface area contributed by atoms with Crippen molar-refractivity contribution in [1.29, 1.82) is 0 Å². The molecule has 0 atom stereocenters. The number of carbonyl (C=O) groups excluding carboxylic acids is 1. The number of amides is 1. The molecule has 1 heterocycles. The summed E-state index contributed by atoms with van der Waals surface area (Å²) in [5.41, 5.74) is 5.13. The third-order valence-electron chi connectivity index (χ3n) is 4.24. The molecular weight excluding hydrogens is 362 g/mol. The molecular formula is C20H23N3O3S. The van der Waals surface area contributed by atoms with Gasteiger partial charge in [0.25, 0.3) is 0 Å². The Bertz CT molecular complexity index is 860. The quantitative estimate of drug-likeness (QED) is 0.688. The number of carbonyl (C=O) groups is 1. The lowest BCUT2D eigenvalue weighted by Crippen LogP contribution is -2.39. The fourth-order valence-corrected chi connectivity index (χ4v) is 3.16. The normalized spacial score (nSPS) is 11.8. The van der Waals surface area contributed by atoms with Gasteiger partial charge in [-0.1, -0.05) is 23.8 Å². The van der Waals surface area contributed by atoms with E-state index in [0.29, 0.717) is 11.7 Å². The maximum absolute atomic E-state index is 12.2. The van der Waals surface area contributed by atoms with Crippen LogP contribution < -0.4 is 25.4 Å². The molecule has 3 rings (SSSR count). The fourth-order valence-electron chi connectivity index (χ4n) is 3.02. The lowest BCUT2D eigenvalue weighted by Gasteiger charge is -2.14. The second kappa shape index (κ2) is 8.26. The van der Waals surface area contributed by atoms with Gasteiger partial charge in [-0.3, -0.25) is 4.79 Å². The summed E-state index contributed by atoms with van der Waals surface area (Å²) >= 11 is 5.25. The van der Waals surface area contributed by atoms with Crippen LogP contribution in [0, 0.1) is 20.8 Å². The predicted octanol–water partition coefficient (Wildman–Crippen LogP) is 2.94. The number of fused-ring (bicyclic) bond motifs is 1. The van der Waals surface area contributed by atoms with Gasteiger partial charge in [0.1, 0.15) is 0 Å². The van der Waals surface area contributed by atoms with Crippen LogP contribution in [0.1, 0.15) is 22.3 Å². The number of rotatable bonds is 5. The van der Waals surface area contributed by atoms with Crippen molar-refractivity contribution in [3.63, 3.8) is 0 Å². The molecule has 0 saturated heterocycles. The monoisotopic (exact) mass is 385 g/mol. The summed E-state index contributed by atoms with van der Waals surface area (Å²) in [4.78, 5) is 12.2. The highest BCUT2D eigenvalue weighted by Gasteiger charge is 2.13. The zero-order chi connectivity index (χ0) is 19.4. The minimum Gasteiger partial charge on any atom is -0.454 e. The van der Waals surface area contributed by atoms with E-state index in [4.69, 9.17) is 21.7 Å². The van der Waals surface area contributed by atoms with E-state index < -0.39 is 0 Å². The maximum atomic E-state index is 12.2. The molecule has 1 aliphatic heterocycles. The van der Waals surface area contributed by atoms with E-state index >= 15 is 0 Å². The zero-order valence-corrected chi connectivity index (χ0v) is 16.5. The summed E-state index contributed by atoms with van der Waals surface area (Å²) in [6, 6.07) is 9.82. The van der Waals surface area contributed by atoms with Crippen LogP contribution >= 0.6 is 12.2 Å². The van der Waals surface area contributed by atoms with Gasteiger partial charge in [-0.15, -0.1) is 0 Å². The summed E-state index contributed by atoms with van der Waals surface area (Å²) in [7, 11) is 0. The van der Waals surface area contributed by atoms with Crippen molar-refractivity contribution in [3.8, 4) is 11.5 Å². The molecule has 142 valence electrons. The van der Waals surface area contributed by atoms with Crippen molar-refractivity contribution in [2.45, 2.75) is 27.3 Å². The van der Waals surface area contributed by atoms with Crippen LogP contribution in [0.15, 0.2) is 30.3 Å². The van der Waals surface area contributed by atoms with E-state index in [2.05, 4.69) is 16.0 Å². The van der Waals surface area contributed by atoms with Gasteiger partial charge in [0.2, 0.25) is 12.7 Å². The summed E-state index contributed by atoms with van der Waals surface area (Å²) in [6.45, 7) is 6.89. The predicted molar refractivity (Wildman–Crippen MR) is 109 cm³/mol. The Morgan fingerprint density at radius 1 is 1.04 bits per heavy atom. The van der Waals surface area contributed by atoms with Crippen molar-refractivity contribution in [2.24, 2.45) is 0 Å². The summed E-state index contributed by atoms with van der Waals surface area (Å²) in [5.74, 6) is 1.34. The summed E-state index contributed by atoms with van der Waals surface area (Å²) in [5, 5.41) is 9.37. The molecule has 0 saturated carbocycles. The molecule has 0 spiro atoms. The van der Waals surface area contributed by atoms with Gasteiger partial charge in [-0.2, -0.15) is 0 Å². The highest BCUT2D eigenvalue weighted by atomic mass is 32.1. The number of aryl methyl sites for hydroxylation is 3. The van der Waals surface area contributed by atoms with Crippen LogP contribution in [-0.4, -0.2) is 24.4 Å². The number of benzene rings is 2. The van der Waals surface area contributed by atoms with Gasteiger partial charge < -0.3 is 25.4 Å². The van der Waals surface area contributed by atoms with Crippen LogP contribution in [0.5, 0.6) is 11.5 Å². The van der Waals surface area contributed by atoms with E-state index in [1.807, 2.05) is 51.1 Å². The Hall–Kier alpha value is -2.80. The van der Waals surface area contributed by atoms with E-state index in [9.17, 15) is 4.79 Å². The number of thiocarbonyl (C=S) groups is 1. The third kappa shape index (κ3) is 4.89. The standard InChI is InChI=1S/C20H23N3O3S/c1-12-6-13(2)19(14(3)7-12)23-18(24)10-22-20(27)21-9-15-4-5-16-17(8-15)26-11-25-16/h4-8H,9-11H2,1-3H3,(H,23,24)(H2,21,22,27). The van der Waals surface area contributed by atoms with Gasteiger partial charge in [0.15, 0.2) is 16.6 Å². The molecule has 2 aromatic rings. The molecule has 2 aromatic carbocycles. The minimum absolute atomic E-state index is 0.0970. The SMILES string of the molecule is Cc1cc(C)c(NC(=O)CNC(=S)NCc2ccc3c(c2)OCO3)c(C)c1. The van der Waals surface area contributed by atoms with Crippen LogP contribution in [0.2, 0.25) is 0 Å². The number of anilines is 1. The fraction of sp³-hybridized carbons (Fsp3) is 0.300. The van der Waals surface area contributed by atoms with Crippen molar-refractivity contribution in [3.05, 3.63) is 52.6 Å². The molecule has 1 amide bonds. The molecule has 0 fully saturated rings. The molecule has 0 aliphatic carbocycles. The van der Waals surface area contributed by atoms with E-state index in [0.717, 1.165) is 33.9 Å².